The van der Waals surface area contributed by atoms with Crippen LogP contribution in [0.2, 0.25) is 5.02 Å². The van der Waals surface area contributed by atoms with Crippen molar-refractivity contribution in [2.75, 3.05) is 39.3 Å². The zero-order valence-corrected chi connectivity index (χ0v) is 21.9. The number of methoxy groups -OCH3 is 1. The second-order valence-corrected chi connectivity index (χ2v) is 11.9. The Labute approximate surface area is 211 Å². The third-order valence-corrected chi connectivity index (χ3v) is 7.84. The molecule has 0 unspecified atom stereocenters. The van der Waals surface area contributed by atoms with Gasteiger partial charge in [-0.15, -0.1) is 0 Å². The Kier molecular flexibility index (Phi) is 7.40. The van der Waals surface area contributed by atoms with Crippen molar-refractivity contribution in [3.05, 3.63) is 35.5 Å². The van der Waals surface area contributed by atoms with Crippen molar-refractivity contribution in [2.45, 2.75) is 36.6 Å². The quantitative estimate of drug-likeness (QED) is 0.467. The molecule has 35 heavy (non-hydrogen) atoms. The molecule has 0 aliphatic heterocycles. The number of benzene rings is 1. The molecule has 8 nitrogen and oxygen atoms in total. The molecule has 2 aromatic heterocycles. The summed E-state index contributed by atoms with van der Waals surface area (Å²) in [5, 5.41) is 13.7. The lowest BCUT2D eigenvalue weighted by Crippen LogP contribution is -2.31. The predicted octanol–water partition coefficient (Wildman–Crippen LogP) is 4.60. The van der Waals surface area contributed by atoms with Gasteiger partial charge in [0.2, 0.25) is 0 Å². The van der Waals surface area contributed by atoms with Crippen molar-refractivity contribution in [2.24, 2.45) is 5.92 Å². The molecule has 0 saturated heterocycles. The van der Waals surface area contributed by atoms with E-state index in [1.54, 1.807) is 24.3 Å². The van der Waals surface area contributed by atoms with E-state index in [-0.39, 0.29) is 27.5 Å². The largest absolute Gasteiger partial charge is 0.503 e. The number of hydrogen-bond donors (Lipinski definition) is 2. The fraction of sp³-hybridized carbons (Fsp3) is 0.440. The fourth-order valence-electron chi connectivity index (χ4n) is 4.72. The number of hydrogen-bond acceptors (Lipinski definition) is 8. The molecule has 1 aliphatic carbocycles. The number of fused-ring (bicyclic) bond motifs is 1. The van der Waals surface area contributed by atoms with Gasteiger partial charge in [0.1, 0.15) is 10.4 Å². The van der Waals surface area contributed by atoms with Gasteiger partial charge in [-0.25, -0.2) is 13.4 Å². The first-order chi connectivity index (χ1) is 16.6. The lowest BCUT2D eigenvalue weighted by atomic mass is 9.85. The van der Waals surface area contributed by atoms with Gasteiger partial charge in [-0.05, 0) is 70.0 Å². The molecule has 1 fully saturated rings. The van der Waals surface area contributed by atoms with Gasteiger partial charge in [0.05, 0.1) is 29.0 Å². The summed E-state index contributed by atoms with van der Waals surface area (Å²) in [7, 11) is 2.07. The van der Waals surface area contributed by atoms with Crippen LogP contribution in [0.1, 0.15) is 25.7 Å². The normalized spacial score (nSPS) is 18.7. The first kappa shape index (κ1) is 25.5. The SMILES string of the molecule is COc1cc(-c2ccc3ncc(S(C)(=O)=O)c(N[C@H]4CC[C@H](CN(C)C)CC4)c3n2)cc(Cl)c1O. The highest BCUT2D eigenvalue weighted by molar-refractivity contribution is 7.90. The molecular formula is C25H31ClN4O4S. The van der Waals surface area contributed by atoms with Crippen LogP contribution in [0.25, 0.3) is 22.3 Å². The molecule has 1 aromatic carbocycles. The molecule has 0 amide bonds. The van der Waals surface area contributed by atoms with E-state index in [2.05, 4.69) is 29.3 Å². The number of nitrogens with one attached hydrogen (secondary N) is 1. The number of sulfone groups is 1. The maximum Gasteiger partial charge on any atom is 0.179 e. The van der Waals surface area contributed by atoms with E-state index < -0.39 is 9.84 Å². The highest BCUT2D eigenvalue weighted by atomic mass is 35.5. The van der Waals surface area contributed by atoms with E-state index in [1.165, 1.54) is 19.6 Å². The van der Waals surface area contributed by atoms with E-state index >= 15 is 0 Å². The van der Waals surface area contributed by atoms with Crippen molar-refractivity contribution in [1.29, 1.82) is 0 Å². The number of aromatic hydroxyl groups is 1. The Morgan fingerprint density at radius 2 is 1.91 bits per heavy atom. The molecule has 0 spiro atoms. The van der Waals surface area contributed by atoms with Crippen LogP contribution in [-0.2, 0) is 9.84 Å². The second kappa shape index (κ2) is 10.2. The lowest BCUT2D eigenvalue weighted by molar-refractivity contribution is 0.255. The summed E-state index contributed by atoms with van der Waals surface area (Å²) >= 11 is 6.19. The van der Waals surface area contributed by atoms with Crippen molar-refractivity contribution >= 4 is 38.2 Å². The number of pyridine rings is 2. The second-order valence-electron chi connectivity index (χ2n) is 9.47. The van der Waals surface area contributed by atoms with Gasteiger partial charge in [-0.1, -0.05) is 11.6 Å². The van der Waals surface area contributed by atoms with Crippen molar-refractivity contribution in [3.63, 3.8) is 0 Å². The van der Waals surface area contributed by atoms with E-state index in [0.717, 1.165) is 32.2 Å². The minimum atomic E-state index is -3.55. The van der Waals surface area contributed by atoms with Crippen LogP contribution in [0.15, 0.2) is 35.4 Å². The average molecular weight is 519 g/mol. The maximum atomic E-state index is 12.7. The molecule has 10 heteroatoms. The zero-order chi connectivity index (χ0) is 25.3. The van der Waals surface area contributed by atoms with Crippen LogP contribution in [-0.4, -0.2) is 68.4 Å². The molecule has 0 atom stereocenters. The van der Waals surface area contributed by atoms with Gasteiger partial charge in [-0.2, -0.15) is 0 Å². The van der Waals surface area contributed by atoms with Gasteiger partial charge in [-0.3, -0.25) is 4.98 Å². The Morgan fingerprint density at radius 3 is 2.54 bits per heavy atom. The molecule has 1 aliphatic rings. The summed E-state index contributed by atoms with van der Waals surface area (Å²) in [5.41, 5.74) is 2.73. The van der Waals surface area contributed by atoms with Crippen LogP contribution in [0.5, 0.6) is 11.5 Å². The molecule has 1 saturated carbocycles. The number of nitrogens with zero attached hydrogens (tertiary/aromatic N) is 3. The molecule has 0 radical (unpaired) electrons. The standard InChI is InChI=1S/C25H31ClN4O4S/c1-30(2)14-15-5-7-17(8-6-15)28-24-22(35(4,32)33)13-27-20-10-9-19(29-23(20)24)16-11-18(26)25(31)21(12-16)34-3/h9-13,15,17,31H,5-8,14H2,1-4H3,(H,27,28)/t15-,17-. The van der Waals surface area contributed by atoms with E-state index in [4.69, 9.17) is 21.3 Å². The van der Waals surface area contributed by atoms with Gasteiger partial charge in [0.25, 0.3) is 0 Å². The summed E-state index contributed by atoms with van der Waals surface area (Å²) in [6.07, 6.45) is 6.66. The molecule has 2 N–H and O–H groups in total. The van der Waals surface area contributed by atoms with Crippen LogP contribution >= 0.6 is 11.6 Å². The van der Waals surface area contributed by atoms with E-state index in [0.29, 0.717) is 33.9 Å². The number of ether oxygens (including phenoxy) is 1. The average Bonchev–Trinajstić information content (AvgIpc) is 2.80. The fourth-order valence-corrected chi connectivity index (χ4v) is 5.70. The molecular weight excluding hydrogens is 488 g/mol. The minimum Gasteiger partial charge on any atom is -0.503 e. The lowest BCUT2D eigenvalue weighted by Gasteiger charge is -2.31. The third kappa shape index (κ3) is 5.63. The number of aromatic nitrogens is 2. The van der Waals surface area contributed by atoms with Gasteiger partial charge < -0.3 is 20.1 Å². The Hall–Kier alpha value is -2.62. The Morgan fingerprint density at radius 1 is 1.20 bits per heavy atom. The number of rotatable bonds is 7. The highest BCUT2D eigenvalue weighted by Crippen LogP contribution is 2.39. The molecule has 3 aromatic rings. The summed E-state index contributed by atoms with van der Waals surface area (Å²) in [4.78, 5) is 11.5. The van der Waals surface area contributed by atoms with Crippen molar-refractivity contribution in [1.82, 2.24) is 14.9 Å². The van der Waals surface area contributed by atoms with Crippen LogP contribution in [0.3, 0.4) is 0 Å². The molecule has 0 bridgehead atoms. The first-order valence-electron chi connectivity index (χ1n) is 11.5. The monoisotopic (exact) mass is 518 g/mol. The summed E-state index contributed by atoms with van der Waals surface area (Å²) in [5.74, 6) is 0.725. The van der Waals surface area contributed by atoms with Crippen molar-refractivity contribution < 1.29 is 18.3 Å². The van der Waals surface area contributed by atoms with Crippen LogP contribution in [0.4, 0.5) is 5.69 Å². The summed E-state index contributed by atoms with van der Waals surface area (Å²) < 4.78 is 30.5. The molecule has 4 rings (SSSR count). The smallest absolute Gasteiger partial charge is 0.179 e. The number of phenolic OH excluding ortho intramolecular Hbond substituents is 1. The number of halogens is 1. The number of anilines is 1. The van der Waals surface area contributed by atoms with Crippen molar-refractivity contribution in [3.8, 4) is 22.8 Å². The predicted molar refractivity (Wildman–Crippen MR) is 139 cm³/mol. The number of phenols is 1. The van der Waals surface area contributed by atoms with E-state index in [1.807, 2.05) is 0 Å². The maximum absolute atomic E-state index is 12.7. The highest BCUT2D eigenvalue weighted by Gasteiger charge is 2.25. The summed E-state index contributed by atoms with van der Waals surface area (Å²) in [6.45, 7) is 1.06. The Bertz CT molecular complexity index is 1340. The van der Waals surface area contributed by atoms with Gasteiger partial charge in [0, 0.05) is 30.6 Å². The topological polar surface area (TPSA) is 105 Å². The van der Waals surface area contributed by atoms with Crippen LogP contribution < -0.4 is 10.1 Å². The zero-order valence-electron chi connectivity index (χ0n) is 20.4. The van der Waals surface area contributed by atoms with Gasteiger partial charge in [0.15, 0.2) is 21.3 Å². The summed E-state index contributed by atoms with van der Waals surface area (Å²) in [6, 6.07) is 6.97. The molecule has 188 valence electrons. The van der Waals surface area contributed by atoms with E-state index in [9.17, 15) is 13.5 Å². The Balaban J connectivity index is 1.76. The van der Waals surface area contributed by atoms with Crippen LogP contribution in [0, 0.1) is 5.92 Å². The molecule has 2 heterocycles. The third-order valence-electron chi connectivity index (χ3n) is 6.44. The minimum absolute atomic E-state index is 0.131. The first-order valence-corrected chi connectivity index (χ1v) is 13.8. The van der Waals surface area contributed by atoms with Gasteiger partial charge >= 0.3 is 0 Å².